The van der Waals surface area contributed by atoms with E-state index in [9.17, 15) is 13.2 Å². The Morgan fingerprint density at radius 3 is 2.24 bits per heavy atom. The molecule has 9 heteroatoms. The topological polar surface area (TPSA) is 75.9 Å². The molecule has 1 heterocycles. The normalized spacial score (nSPS) is 11.3. The molecule has 0 saturated carbocycles. The van der Waals surface area contributed by atoms with Gasteiger partial charge in [0.05, 0.1) is 0 Å². The van der Waals surface area contributed by atoms with E-state index in [1.54, 1.807) is 23.9 Å². The van der Waals surface area contributed by atoms with Crippen molar-refractivity contribution in [3.05, 3.63) is 36.2 Å². The molecule has 0 aliphatic rings. The minimum atomic E-state index is -4.65. The van der Waals surface area contributed by atoms with E-state index in [4.69, 9.17) is 5.84 Å². The molecular formula is C12H12F3N5S. The summed E-state index contributed by atoms with van der Waals surface area (Å²) in [6, 6.07) is 8.48. The number of alkyl halides is 3. The number of hydrazine groups is 1. The summed E-state index contributed by atoms with van der Waals surface area (Å²) in [5.74, 6) is 3.74. The van der Waals surface area contributed by atoms with Crippen LogP contribution in [-0.2, 0) is 6.18 Å². The first-order valence-electron chi connectivity index (χ1n) is 5.76. The Bertz CT molecular complexity index is 615. The van der Waals surface area contributed by atoms with Crippen LogP contribution in [-0.4, -0.2) is 16.2 Å². The first-order chi connectivity index (χ1) is 9.92. The quantitative estimate of drug-likeness (QED) is 0.457. The Balaban J connectivity index is 2.29. The van der Waals surface area contributed by atoms with Crippen molar-refractivity contribution in [3.63, 3.8) is 0 Å². The van der Waals surface area contributed by atoms with E-state index < -0.39 is 12.0 Å². The first-order valence-corrected chi connectivity index (χ1v) is 6.99. The maximum atomic E-state index is 12.7. The van der Waals surface area contributed by atoms with Crippen LogP contribution in [0.15, 0.2) is 35.2 Å². The van der Waals surface area contributed by atoms with Crippen LogP contribution in [0.3, 0.4) is 0 Å². The first kappa shape index (κ1) is 15.4. The number of nitrogens with zero attached hydrogens (tertiary/aromatic N) is 2. The van der Waals surface area contributed by atoms with Crippen LogP contribution >= 0.6 is 11.8 Å². The molecule has 2 aromatic rings. The molecule has 21 heavy (non-hydrogen) atoms. The fraction of sp³-hybridized carbons (Fsp3) is 0.167. The van der Waals surface area contributed by atoms with Crippen LogP contribution in [0.5, 0.6) is 0 Å². The highest BCUT2D eigenvalue weighted by Crippen LogP contribution is 2.29. The Morgan fingerprint density at radius 2 is 1.71 bits per heavy atom. The molecule has 112 valence electrons. The maximum absolute atomic E-state index is 12.7. The fourth-order valence-corrected chi connectivity index (χ4v) is 1.94. The van der Waals surface area contributed by atoms with Gasteiger partial charge in [-0.2, -0.15) is 13.2 Å². The second kappa shape index (κ2) is 6.19. The number of nitrogen functional groups attached to an aromatic ring is 1. The number of rotatable bonds is 4. The monoisotopic (exact) mass is 315 g/mol. The summed E-state index contributed by atoms with van der Waals surface area (Å²) < 4.78 is 38.1. The zero-order valence-electron chi connectivity index (χ0n) is 10.9. The van der Waals surface area contributed by atoms with Crippen molar-refractivity contribution in [2.75, 3.05) is 17.0 Å². The largest absolute Gasteiger partial charge is 0.451 e. The van der Waals surface area contributed by atoms with Crippen LogP contribution < -0.4 is 16.6 Å². The Labute approximate surface area is 123 Å². The maximum Gasteiger partial charge on any atom is 0.451 e. The summed E-state index contributed by atoms with van der Waals surface area (Å²) in [6.07, 6.45) is -2.71. The van der Waals surface area contributed by atoms with Crippen molar-refractivity contribution in [3.8, 4) is 0 Å². The Kier molecular flexibility index (Phi) is 4.53. The summed E-state index contributed by atoms with van der Waals surface area (Å²) in [5.41, 5.74) is 2.70. The van der Waals surface area contributed by atoms with Gasteiger partial charge in [0.2, 0.25) is 5.82 Å². The van der Waals surface area contributed by atoms with Crippen LogP contribution in [0, 0.1) is 0 Å². The zero-order valence-corrected chi connectivity index (χ0v) is 11.7. The second-order valence-electron chi connectivity index (χ2n) is 3.96. The van der Waals surface area contributed by atoms with E-state index in [2.05, 4.69) is 20.7 Å². The number of hydrogen-bond acceptors (Lipinski definition) is 6. The number of hydrogen-bond donors (Lipinski definition) is 3. The highest BCUT2D eigenvalue weighted by Gasteiger charge is 2.35. The van der Waals surface area contributed by atoms with Gasteiger partial charge in [-0.3, -0.25) is 0 Å². The average molecular weight is 315 g/mol. The zero-order chi connectivity index (χ0) is 15.5. The van der Waals surface area contributed by atoms with E-state index in [1.165, 1.54) is 6.07 Å². The summed E-state index contributed by atoms with van der Waals surface area (Å²) in [5, 5.41) is 2.79. The molecule has 0 radical (unpaired) electrons. The van der Waals surface area contributed by atoms with E-state index in [0.717, 1.165) is 4.90 Å². The minimum absolute atomic E-state index is 0.00202. The van der Waals surface area contributed by atoms with Gasteiger partial charge in [0, 0.05) is 16.6 Å². The highest BCUT2D eigenvalue weighted by atomic mass is 32.2. The third-order valence-electron chi connectivity index (χ3n) is 2.49. The van der Waals surface area contributed by atoms with Crippen LogP contribution in [0.4, 0.5) is 30.5 Å². The smallest absolute Gasteiger partial charge is 0.340 e. The van der Waals surface area contributed by atoms with Crippen molar-refractivity contribution >= 4 is 29.1 Å². The molecule has 5 nitrogen and oxygen atoms in total. The van der Waals surface area contributed by atoms with Gasteiger partial charge in [0.25, 0.3) is 0 Å². The lowest BCUT2D eigenvalue weighted by atomic mass is 10.3. The SMILES string of the molecule is CSc1ccc(Nc2cc(NN)nc(C(F)(F)F)n2)cc1. The molecule has 0 aliphatic carbocycles. The molecule has 2 rings (SSSR count). The van der Waals surface area contributed by atoms with Crippen LogP contribution in [0.2, 0.25) is 0 Å². The lowest BCUT2D eigenvalue weighted by Crippen LogP contribution is -2.16. The third-order valence-corrected chi connectivity index (χ3v) is 3.23. The molecule has 0 saturated heterocycles. The van der Waals surface area contributed by atoms with Gasteiger partial charge in [0.15, 0.2) is 0 Å². The number of benzene rings is 1. The van der Waals surface area contributed by atoms with Crippen LogP contribution in [0.25, 0.3) is 0 Å². The van der Waals surface area contributed by atoms with Crippen molar-refractivity contribution in [2.24, 2.45) is 5.84 Å². The molecular weight excluding hydrogens is 303 g/mol. The van der Waals surface area contributed by atoms with Gasteiger partial charge < -0.3 is 10.7 Å². The van der Waals surface area contributed by atoms with Gasteiger partial charge >= 0.3 is 6.18 Å². The lowest BCUT2D eigenvalue weighted by molar-refractivity contribution is -0.144. The van der Waals surface area contributed by atoms with Crippen molar-refractivity contribution < 1.29 is 13.2 Å². The number of halogens is 3. The van der Waals surface area contributed by atoms with Gasteiger partial charge in [-0.05, 0) is 30.5 Å². The van der Waals surface area contributed by atoms with Gasteiger partial charge in [0.1, 0.15) is 11.6 Å². The Morgan fingerprint density at radius 1 is 1.10 bits per heavy atom. The number of anilines is 3. The molecule has 0 bridgehead atoms. The standard InChI is InChI=1S/C12H12F3N5S/c1-21-8-4-2-7(3-5-8)17-9-6-10(20-16)19-11(18-9)12(13,14)15/h2-6H,16H2,1H3,(H2,17,18,19,20). The predicted molar refractivity (Wildman–Crippen MR) is 76.3 cm³/mol. The molecule has 1 aromatic carbocycles. The molecule has 0 spiro atoms. The number of thioether (sulfide) groups is 1. The number of nitrogens with one attached hydrogen (secondary N) is 2. The second-order valence-corrected chi connectivity index (χ2v) is 4.84. The summed E-state index contributed by atoms with van der Waals surface area (Å²) >= 11 is 1.57. The minimum Gasteiger partial charge on any atom is -0.340 e. The molecule has 0 amide bonds. The van der Waals surface area contributed by atoms with E-state index >= 15 is 0 Å². The predicted octanol–water partition coefficient (Wildman–Crippen LogP) is 3.25. The molecule has 1 aromatic heterocycles. The highest BCUT2D eigenvalue weighted by molar-refractivity contribution is 7.98. The lowest BCUT2D eigenvalue weighted by Gasteiger charge is -2.11. The summed E-state index contributed by atoms with van der Waals surface area (Å²) in [7, 11) is 0. The van der Waals surface area contributed by atoms with Crippen molar-refractivity contribution in [2.45, 2.75) is 11.1 Å². The van der Waals surface area contributed by atoms with Gasteiger partial charge in [-0.25, -0.2) is 15.8 Å². The van der Waals surface area contributed by atoms with Gasteiger partial charge in [-0.15, -0.1) is 11.8 Å². The molecule has 0 atom stereocenters. The van der Waals surface area contributed by atoms with E-state index in [1.807, 2.05) is 18.4 Å². The molecule has 0 aliphatic heterocycles. The van der Waals surface area contributed by atoms with Crippen molar-refractivity contribution in [1.82, 2.24) is 9.97 Å². The fourth-order valence-electron chi connectivity index (χ4n) is 1.53. The Hall–Kier alpha value is -2.00. The number of aromatic nitrogens is 2. The van der Waals surface area contributed by atoms with E-state index in [-0.39, 0.29) is 11.6 Å². The summed E-state index contributed by atoms with van der Waals surface area (Å²) in [6.45, 7) is 0. The third kappa shape index (κ3) is 3.99. The molecule has 4 N–H and O–H groups in total. The molecule has 0 unspecified atom stereocenters. The molecule has 0 fully saturated rings. The van der Waals surface area contributed by atoms with Crippen LogP contribution in [0.1, 0.15) is 5.82 Å². The van der Waals surface area contributed by atoms with Gasteiger partial charge in [-0.1, -0.05) is 0 Å². The number of nitrogens with two attached hydrogens (primary N) is 1. The average Bonchev–Trinajstić information content (AvgIpc) is 2.46. The summed E-state index contributed by atoms with van der Waals surface area (Å²) in [4.78, 5) is 7.76. The van der Waals surface area contributed by atoms with E-state index in [0.29, 0.717) is 5.69 Å². The van der Waals surface area contributed by atoms with Crippen molar-refractivity contribution in [1.29, 1.82) is 0 Å².